The van der Waals surface area contributed by atoms with Gasteiger partial charge >= 0.3 is 11.8 Å². The van der Waals surface area contributed by atoms with Crippen molar-refractivity contribution in [2.75, 3.05) is 12.4 Å². The Hall–Kier alpha value is -3.77. The summed E-state index contributed by atoms with van der Waals surface area (Å²) in [6, 6.07) is 33.7. The summed E-state index contributed by atoms with van der Waals surface area (Å²) in [5, 5.41) is 4.90. The number of methoxy groups -OCH3 is 1. The van der Waals surface area contributed by atoms with Crippen LogP contribution in [0.3, 0.4) is 0 Å². The van der Waals surface area contributed by atoms with Crippen molar-refractivity contribution in [2.24, 2.45) is 0 Å². The standard InChI is InChI=1S/C32H27Cl2N3O2.ClH/c1-22(32(38)39-2)30(35-27-8-4-3-5-9-27)31-36(20-23-12-16-25(33)17-13-23)28-10-6-7-11-29(28)37(31)21-24-14-18-26(34)19-15-24;/h3-19H,20-21H2,1-2H3;1H. The zero-order valence-corrected chi connectivity index (χ0v) is 24.3. The Kier molecular flexibility index (Phi) is 9.54. The molecule has 5 aromatic rings. The fraction of sp³-hybridized carbons (Fsp3) is 0.125. The predicted octanol–water partition coefficient (Wildman–Crippen LogP) is 4.35. The van der Waals surface area contributed by atoms with Crippen LogP contribution in [0.5, 0.6) is 0 Å². The fourth-order valence-corrected chi connectivity index (χ4v) is 4.92. The van der Waals surface area contributed by atoms with Gasteiger partial charge in [-0.3, -0.25) is 0 Å². The lowest BCUT2D eigenvalue weighted by Gasteiger charge is -2.15. The molecule has 8 heteroatoms. The molecule has 1 N–H and O–H groups in total. The number of halogens is 3. The van der Waals surface area contributed by atoms with Gasteiger partial charge in [0.15, 0.2) is 11.0 Å². The zero-order chi connectivity index (χ0) is 27.4. The molecular formula is C32H28Cl3N3O2. The highest BCUT2D eigenvalue weighted by molar-refractivity contribution is 6.30. The van der Waals surface area contributed by atoms with Crippen molar-refractivity contribution >= 4 is 51.6 Å². The third-order valence-electron chi connectivity index (χ3n) is 6.62. The number of imidazole rings is 1. The molecule has 40 heavy (non-hydrogen) atoms. The van der Waals surface area contributed by atoms with E-state index in [0.29, 0.717) is 34.4 Å². The summed E-state index contributed by atoms with van der Waals surface area (Å²) in [5.74, 6) is 0.433. The summed E-state index contributed by atoms with van der Waals surface area (Å²) in [6.45, 7) is 2.91. The number of benzene rings is 4. The lowest BCUT2D eigenvalue weighted by atomic mass is 10.1. The molecule has 0 aliphatic rings. The van der Waals surface area contributed by atoms with E-state index < -0.39 is 5.97 Å². The highest BCUT2D eigenvalue weighted by Gasteiger charge is 2.31. The quantitative estimate of drug-likeness (QED) is 0.166. The van der Waals surface area contributed by atoms with Crippen LogP contribution in [0.25, 0.3) is 16.7 Å². The minimum absolute atomic E-state index is 0. The Morgan fingerprint density at radius 1 is 0.825 bits per heavy atom. The minimum Gasteiger partial charge on any atom is -1.00 e. The highest BCUT2D eigenvalue weighted by atomic mass is 35.5. The molecule has 0 spiro atoms. The number of aromatic nitrogens is 2. The van der Waals surface area contributed by atoms with Gasteiger partial charge in [0.05, 0.1) is 12.7 Å². The molecule has 0 unspecified atom stereocenters. The molecule has 1 heterocycles. The van der Waals surface area contributed by atoms with Crippen molar-refractivity contribution in [3.05, 3.63) is 136 Å². The van der Waals surface area contributed by atoms with Crippen molar-refractivity contribution < 1.29 is 26.5 Å². The number of esters is 1. The smallest absolute Gasteiger partial charge is 0.335 e. The molecule has 204 valence electrons. The third-order valence-corrected chi connectivity index (χ3v) is 7.12. The van der Waals surface area contributed by atoms with Crippen LogP contribution in [0.15, 0.2) is 109 Å². The molecule has 0 saturated carbocycles. The van der Waals surface area contributed by atoms with Crippen molar-refractivity contribution in [3.8, 4) is 0 Å². The molecule has 0 aliphatic heterocycles. The van der Waals surface area contributed by atoms with Crippen LogP contribution in [-0.4, -0.2) is 17.6 Å². The Balaban J connectivity index is 0.00000370. The van der Waals surface area contributed by atoms with Gasteiger partial charge < -0.3 is 22.5 Å². The van der Waals surface area contributed by atoms with Gasteiger partial charge in [-0.15, -0.1) is 0 Å². The normalized spacial score (nSPS) is 11.5. The average molecular weight is 593 g/mol. The Labute approximate surface area is 250 Å². The summed E-state index contributed by atoms with van der Waals surface area (Å²) in [5.41, 5.74) is 6.20. The van der Waals surface area contributed by atoms with Crippen LogP contribution in [0.1, 0.15) is 23.9 Å². The first-order valence-corrected chi connectivity index (χ1v) is 13.3. The van der Waals surface area contributed by atoms with E-state index in [1.165, 1.54) is 7.11 Å². The fourth-order valence-electron chi connectivity index (χ4n) is 4.67. The first kappa shape index (κ1) is 29.2. The minimum atomic E-state index is -0.408. The number of carbonyl (C=O) groups excluding carboxylic acids is 1. The Morgan fingerprint density at radius 3 is 2.02 bits per heavy atom. The van der Waals surface area contributed by atoms with E-state index in [1.54, 1.807) is 6.92 Å². The van der Waals surface area contributed by atoms with Crippen LogP contribution in [-0.2, 0) is 22.6 Å². The van der Waals surface area contributed by atoms with Gasteiger partial charge in [-0.1, -0.05) is 77.8 Å². The van der Waals surface area contributed by atoms with E-state index in [9.17, 15) is 4.79 Å². The van der Waals surface area contributed by atoms with Crippen molar-refractivity contribution in [3.63, 3.8) is 0 Å². The van der Waals surface area contributed by atoms with Crippen molar-refractivity contribution in [1.82, 2.24) is 4.57 Å². The van der Waals surface area contributed by atoms with Crippen LogP contribution in [0.4, 0.5) is 5.69 Å². The van der Waals surface area contributed by atoms with Gasteiger partial charge in [0, 0.05) is 15.7 Å². The SMILES string of the molecule is COC(=O)/C(C)=C(/Nc1ccccc1)c1n(Cc2ccc(Cl)cc2)c2ccccc2[n+]1Cc1ccc(Cl)cc1.[Cl-]. The number of nitrogens with zero attached hydrogens (tertiary/aromatic N) is 2. The molecule has 0 atom stereocenters. The Morgan fingerprint density at radius 2 is 1.40 bits per heavy atom. The number of ether oxygens (including phenoxy) is 1. The van der Waals surface area contributed by atoms with Gasteiger partial charge in [0.1, 0.15) is 18.8 Å². The first-order chi connectivity index (χ1) is 18.9. The van der Waals surface area contributed by atoms with E-state index in [1.807, 2.05) is 91.0 Å². The molecule has 4 aromatic carbocycles. The summed E-state index contributed by atoms with van der Waals surface area (Å²) in [4.78, 5) is 13.0. The topological polar surface area (TPSA) is 47.1 Å². The summed E-state index contributed by atoms with van der Waals surface area (Å²) >= 11 is 12.4. The second-order valence-electron chi connectivity index (χ2n) is 9.22. The van der Waals surface area contributed by atoms with Gasteiger partial charge in [0.25, 0.3) is 0 Å². The molecule has 0 radical (unpaired) electrons. The zero-order valence-electron chi connectivity index (χ0n) is 22.1. The van der Waals surface area contributed by atoms with Crippen LogP contribution < -0.4 is 22.3 Å². The van der Waals surface area contributed by atoms with Crippen molar-refractivity contribution in [1.29, 1.82) is 0 Å². The maximum atomic E-state index is 13.0. The molecule has 0 bridgehead atoms. The van der Waals surface area contributed by atoms with E-state index in [2.05, 4.69) is 26.6 Å². The average Bonchev–Trinajstić information content (AvgIpc) is 3.26. The Bertz CT molecular complexity index is 1560. The molecule has 0 fully saturated rings. The lowest BCUT2D eigenvalue weighted by Crippen LogP contribution is -3.00. The molecule has 5 rings (SSSR count). The van der Waals surface area contributed by atoms with Crippen LogP contribution >= 0.6 is 23.2 Å². The third kappa shape index (κ3) is 6.34. The number of hydrogen-bond donors (Lipinski definition) is 1. The number of fused-ring (bicyclic) bond motifs is 1. The number of carbonyl (C=O) groups is 1. The van der Waals surface area contributed by atoms with E-state index in [-0.39, 0.29) is 12.4 Å². The monoisotopic (exact) mass is 591 g/mol. The number of anilines is 1. The maximum Gasteiger partial charge on any atom is 0.335 e. The molecule has 5 nitrogen and oxygen atoms in total. The number of rotatable bonds is 8. The predicted molar refractivity (Wildman–Crippen MR) is 158 cm³/mol. The van der Waals surface area contributed by atoms with Crippen molar-refractivity contribution in [2.45, 2.75) is 20.0 Å². The van der Waals surface area contributed by atoms with Crippen LogP contribution in [0.2, 0.25) is 10.0 Å². The number of hydrogen-bond acceptors (Lipinski definition) is 3. The maximum absolute atomic E-state index is 13.0. The van der Waals surface area contributed by atoms with E-state index >= 15 is 0 Å². The molecular weight excluding hydrogens is 565 g/mol. The van der Waals surface area contributed by atoms with Gasteiger partial charge in [-0.25, -0.2) is 13.9 Å². The van der Waals surface area contributed by atoms with Gasteiger partial charge in [-0.2, -0.15) is 0 Å². The molecule has 0 amide bonds. The first-order valence-electron chi connectivity index (χ1n) is 12.6. The second-order valence-corrected chi connectivity index (χ2v) is 10.1. The lowest BCUT2D eigenvalue weighted by molar-refractivity contribution is -0.665. The van der Waals surface area contributed by atoms with E-state index in [0.717, 1.165) is 33.7 Å². The molecule has 1 aromatic heterocycles. The van der Waals surface area contributed by atoms with E-state index in [4.69, 9.17) is 27.9 Å². The van der Waals surface area contributed by atoms with Crippen LogP contribution in [0, 0.1) is 0 Å². The van der Waals surface area contributed by atoms with Gasteiger partial charge in [-0.05, 0) is 66.6 Å². The van der Waals surface area contributed by atoms with Gasteiger partial charge in [0.2, 0.25) is 0 Å². The second kappa shape index (κ2) is 13.1. The highest BCUT2D eigenvalue weighted by Crippen LogP contribution is 2.27. The molecule has 0 aliphatic carbocycles. The largest absolute Gasteiger partial charge is 1.00 e. The number of para-hydroxylation sites is 3. The summed E-state index contributed by atoms with van der Waals surface area (Å²) < 4.78 is 9.64. The summed E-state index contributed by atoms with van der Waals surface area (Å²) in [6.07, 6.45) is 0. The molecule has 0 saturated heterocycles. The number of nitrogens with one attached hydrogen (secondary N) is 1. The summed E-state index contributed by atoms with van der Waals surface area (Å²) in [7, 11) is 1.40.